The summed E-state index contributed by atoms with van der Waals surface area (Å²) in [5.74, 6) is -1.65. The van der Waals surface area contributed by atoms with E-state index in [0.717, 1.165) is 0 Å². The van der Waals surface area contributed by atoms with E-state index in [2.05, 4.69) is 0 Å². The number of rotatable bonds is 4. The summed E-state index contributed by atoms with van der Waals surface area (Å²) in [4.78, 5) is 44.6. The summed E-state index contributed by atoms with van der Waals surface area (Å²) >= 11 is 0. The minimum atomic E-state index is -5.40. The van der Waals surface area contributed by atoms with Crippen molar-refractivity contribution < 1.29 is 38.6 Å². The van der Waals surface area contributed by atoms with Crippen LogP contribution in [-0.2, 0) is 13.9 Å². The van der Waals surface area contributed by atoms with Gasteiger partial charge in [0.25, 0.3) is 0 Å². The number of carboxylic acids is 1. The van der Waals surface area contributed by atoms with E-state index in [0.29, 0.717) is 0 Å². The largest absolute Gasteiger partial charge is 0.478 e. The number of nitrogens with two attached hydrogens (primary N) is 1. The van der Waals surface area contributed by atoms with E-state index in [-0.39, 0.29) is 12.2 Å². The molecular weight excluding hydrogens is 252 g/mol. The van der Waals surface area contributed by atoms with E-state index in [9.17, 15) is 13.9 Å². The molecule has 15 heavy (non-hydrogen) atoms. The molecule has 0 heterocycles. The van der Waals surface area contributed by atoms with Crippen molar-refractivity contribution in [3.05, 3.63) is 12.2 Å². The van der Waals surface area contributed by atoms with Gasteiger partial charge in [0.2, 0.25) is 5.02 Å². The molecule has 0 unspecified atom stereocenters. The van der Waals surface area contributed by atoms with Gasteiger partial charge >= 0.3 is 21.2 Å². The minimum absolute atomic E-state index is 0.0802. The maximum atomic E-state index is 10.7. The number of aliphatic carboxylic acids is 1. The molecule has 0 saturated heterocycles. The third-order valence-electron chi connectivity index (χ3n) is 1.40. The summed E-state index contributed by atoms with van der Waals surface area (Å²) in [5, 5.41) is 4.84. The summed E-state index contributed by atoms with van der Waals surface area (Å²) in [7, 11) is -10.8. The predicted octanol–water partition coefficient (Wildman–Crippen LogP) is -1.40. The first-order valence-corrected chi connectivity index (χ1v) is 6.46. The highest BCUT2D eigenvalue weighted by Gasteiger charge is 2.55. The molecule has 0 saturated carbocycles. The van der Waals surface area contributed by atoms with E-state index >= 15 is 0 Å². The highest BCUT2D eigenvalue weighted by Crippen LogP contribution is 2.66. The van der Waals surface area contributed by atoms with Crippen LogP contribution >= 0.6 is 15.2 Å². The van der Waals surface area contributed by atoms with Crippen molar-refractivity contribution >= 4 is 21.2 Å². The molecule has 0 fully saturated rings. The van der Waals surface area contributed by atoms with Gasteiger partial charge in [-0.3, -0.25) is 9.13 Å². The number of carboxylic acid groups (broad SMARTS) is 1. The van der Waals surface area contributed by atoms with Gasteiger partial charge in [-0.15, -0.1) is 0 Å². The van der Waals surface area contributed by atoms with Crippen LogP contribution in [0.1, 0.15) is 0 Å². The molecule has 0 aromatic heterocycles. The quantitative estimate of drug-likeness (QED) is 0.262. The van der Waals surface area contributed by atoms with Crippen LogP contribution in [0.15, 0.2) is 12.2 Å². The first kappa shape index (κ1) is 14.5. The molecule has 0 bridgehead atoms. The first-order valence-electron chi connectivity index (χ1n) is 3.24. The van der Waals surface area contributed by atoms with Crippen molar-refractivity contribution in [2.45, 2.75) is 5.02 Å². The van der Waals surface area contributed by atoms with Crippen LogP contribution in [0.2, 0.25) is 0 Å². The molecule has 11 heteroatoms. The zero-order valence-electron chi connectivity index (χ0n) is 7.09. The van der Waals surface area contributed by atoms with Crippen molar-refractivity contribution in [1.29, 1.82) is 0 Å². The van der Waals surface area contributed by atoms with Crippen LogP contribution in [0.5, 0.6) is 0 Å². The normalized spacial score (nSPS) is 14.5. The van der Waals surface area contributed by atoms with E-state index in [4.69, 9.17) is 30.4 Å². The van der Waals surface area contributed by atoms with E-state index < -0.39 is 26.2 Å². The van der Waals surface area contributed by atoms with Gasteiger partial charge in [0, 0.05) is 6.08 Å². The Morgan fingerprint density at radius 1 is 1.13 bits per heavy atom. The van der Waals surface area contributed by atoms with E-state index in [1.165, 1.54) is 0 Å². The van der Waals surface area contributed by atoms with E-state index in [1.807, 2.05) is 0 Å². The summed E-state index contributed by atoms with van der Waals surface area (Å²) in [6.07, 6.45) is 0.231. The second kappa shape index (κ2) is 4.15. The minimum Gasteiger partial charge on any atom is -0.478 e. The van der Waals surface area contributed by atoms with Crippen LogP contribution < -0.4 is 5.73 Å². The number of hydrogen-bond donors (Lipinski definition) is 6. The van der Waals surface area contributed by atoms with Gasteiger partial charge in [0.05, 0.1) is 0 Å². The molecule has 0 spiro atoms. The SMILES string of the molecule is NC(C=CC(=O)O)(P(=O)(O)O)P(=O)(O)O. The average molecular weight is 261 g/mol. The van der Waals surface area contributed by atoms with Crippen molar-refractivity contribution in [3.8, 4) is 0 Å². The second-order valence-electron chi connectivity index (χ2n) is 2.54. The number of hydrogen-bond acceptors (Lipinski definition) is 4. The van der Waals surface area contributed by atoms with Crippen LogP contribution in [0.25, 0.3) is 0 Å². The maximum absolute atomic E-state index is 10.7. The molecule has 9 nitrogen and oxygen atoms in total. The highest BCUT2D eigenvalue weighted by atomic mass is 31.2. The van der Waals surface area contributed by atoms with Crippen molar-refractivity contribution in [2.75, 3.05) is 0 Å². The van der Waals surface area contributed by atoms with Gasteiger partial charge in [0.1, 0.15) is 0 Å². The summed E-state index contributed by atoms with van der Waals surface area (Å²) < 4.78 is 21.5. The maximum Gasteiger partial charge on any atom is 0.361 e. The Morgan fingerprint density at radius 2 is 1.47 bits per heavy atom. The lowest BCUT2D eigenvalue weighted by Gasteiger charge is -2.26. The van der Waals surface area contributed by atoms with Gasteiger partial charge in [0.15, 0.2) is 0 Å². The lowest BCUT2D eigenvalue weighted by atomic mass is 10.5. The molecular formula is C4H9NO8P2. The fourth-order valence-electron chi connectivity index (χ4n) is 0.558. The van der Waals surface area contributed by atoms with E-state index in [1.54, 1.807) is 0 Å². The Labute approximate surface area is 83.5 Å². The van der Waals surface area contributed by atoms with Gasteiger partial charge in [-0.1, -0.05) is 0 Å². The molecule has 0 amide bonds. The van der Waals surface area contributed by atoms with Crippen LogP contribution in [0, 0.1) is 0 Å². The Balaban J connectivity index is 5.55. The molecule has 0 rings (SSSR count). The molecule has 7 N–H and O–H groups in total. The average Bonchev–Trinajstić information content (AvgIpc) is 1.95. The third-order valence-corrected chi connectivity index (χ3v) is 5.13. The lowest BCUT2D eigenvalue weighted by Crippen LogP contribution is -2.37. The standard InChI is InChI=1S/C4H9NO8P2/c5-4(14(8,9)10,15(11,12)13)2-1-3(6)7/h1-2H,5H2,(H,6,7)(H2,8,9,10)(H2,11,12,13). The van der Waals surface area contributed by atoms with Crippen molar-refractivity contribution in [1.82, 2.24) is 0 Å². The summed E-state index contributed by atoms with van der Waals surface area (Å²) in [5.41, 5.74) is 4.82. The van der Waals surface area contributed by atoms with Crippen LogP contribution in [0.4, 0.5) is 0 Å². The molecule has 0 aliphatic carbocycles. The molecule has 0 aromatic carbocycles. The monoisotopic (exact) mass is 261 g/mol. The van der Waals surface area contributed by atoms with Crippen LogP contribution in [-0.4, -0.2) is 35.7 Å². The highest BCUT2D eigenvalue weighted by molar-refractivity contribution is 7.72. The van der Waals surface area contributed by atoms with Gasteiger partial charge in [-0.25, -0.2) is 4.79 Å². The molecule has 0 aliphatic rings. The summed E-state index contributed by atoms with van der Waals surface area (Å²) in [6, 6.07) is 0. The smallest absolute Gasteiger partial charge is 0.361 e. The van der Waals surface area contributed by atoms with Crippen molar-refractivity contribution in [2.24, 2.45) is 5.73 Å². The first-order chi connectivity index (χ1) is 6.42. The number of carbonyl (C=O) groups is 1. The predicted molar refractivity (Wildman–Crippen MR) is 47.8 cm³/mol. The van der Waals surface area contributed by atoms with Crippen LogP contribution in [0.3, 0.4) is 0 Å². The molecule has 88 valence electrons. The third kappa shape index (κ3) is 3.22. The second-order valence-corrected chi connectivity index (χ2v) is 6.55. The topological polar surface area (TPSA) is 178 Å². The fraction of sp³-hybridized carbons (Fsp3) is 0.250. The Hall–Kier alpha value is -0.530. The van der Waals surface area contributed by atoms with Gasteiger partial charge in [-0.2, -0.15) is 0 Å². The van der Waals surface area contributed by atoms with Crippen molar-refractivity contribution in [3.63, 3.8) is 0 Å². The zero-order valence-corrected chi connectivity index (χ0v) is 8.88. The Bertz CT molecular complexity index is 354. The molecule has 0 radical (unpaired) electrons. The summed E-state index contributed by atoms with van der Waals surface area (Å²) in [6.45, 7) is 0. The molecule has 0 aromatic rings. The fourth-order valence-corrected chi connectivity index (χ4v) is 2.45. The molecule has 0 aliphatic heterocycles. The Morgan fingerprint density at radius 3 is 1.67 bits per heavy atom. The Kier molecular flexibility index (Phi) is 4.00. The van der Waals surface area contributed by atoms with Gasteiger partial charge < -0.3 is 30.4 Å². The molecule has 0 atom stereocenters. The zero-order chi connectivity index (χ0) is 12.5. The lowest BCUT2D eigenvalue weighted by molar-refractivity contribution is -0.131. The van der Waals surface area contributed by atoms with Gasteiger partial charge in [-0.05, 0) is 6.08 Å².